The number of amides is 2. The highest BCUT2D eigenvalue weighted by Gasteiger charge is 2.47. The number of nitrogens with one attached hydrogen (secondary N) is 1. The molecule has 130 valence electrons. The summed E-state index contributed by atoms with van der Waals surface area (Å²) in [5.41, 5.74) is 7.68. The Morgan fingerprint density at radius 3 is 2.92 bits per heavy atom. The lowest BCUT2D eigenvalue weighted by atomic mass is 9.73. The van der Waals surface area contributed by atoms with Crippen LogP contribution in [0.2, 0.25) is 0 Å². The normalized spacial score (nSPS) is 26.8. The highest BCUT2D eigenvalue weighted by molar-refractivity contribution is 5.78. The maximum Gasteiger partial charge on any atom is 0.407 e. The third-order valence-corrected chi connectivity index (χ3v) is 5.23. The van der Waals surface area contributed by atoms with Crippen molar-refractivity contribution >= 4 is 12.0 Å². The van der Waals surface area contributed by atoms with E-state index in [0.717, 1.165) is 30.5 Å². The number of hydrogen-bond acceptors (Lipinski definition) is 4. The summed E-state index contributed by atoms with van der Waals surface area (Å²) in [5, 5.41) is 12.2. The summed E-state index contributed by atoms with van der Waals surface area (Å²) in [5.74, 6) is -0.0535. The number of carbonyl (C=O) groups excluding carboxylic acids is 1. The molecule has 1 fully saturated rings. The van der Waals surface area contributed by atoms with Gasteiger partial charge in [0.15, 0.2) is 0 Å². The van der Waals surface area contributed by atoms with Crippen LogP contribution >= 0.6 is 0 Å². The van der Waals surface area contributed by atoms with E-state index in [4.69, 9.17) is 5.73 Å². The van der Waals surface area contributed by atoms with Crippen molar-refractivity contribution in [1.29, 1.82) is 0 Å². The van der Waals surface area contributed by atoms with Crippen LogP contribution in [0.3, 0.4) is 0 Å². The number of carboxylic acid groups (broad SMARTS) is 1. The number of likely N-dealkylation sites (tertiary alicyclic amines) is 1. The van der Waals surface area contributed by atoms with E-state index < -0.39 is 11.5 Å². The van der Waals surface area contributed by atoms with Gasteiger partial charge in [-0.05, 0) is 30.5 Å². The average Bonchev–Trinajstić information content (AvgIpc) is 2.52. The van der Waals surface area contributed by atoms with Crippen LogP contribution in [0.1, 0.15) is 43.5 Å². The smallest absolute Gasteiger partial charge is 0.407 e. The summed E-state index contributed by atoms with van der Waals surface area (Å²) in [4.78, 5) is 29.2. The SMILES string of the molecule is C[C@@H]1CCC[C@H](N)c2cc(ccn2)C2(CNC1=O)CN(C(=O)O)C2. The molecule has 3 rings (SSSR count). The number of carbonyl (C=O) groups is 2. The van der Waals surface area contributed by atoms with E-state index in [1.807, 2.05) is 19.1 Å². The van der Waals surface area contributed by atoms with Crippen molar-refractivity contribution in [1.82, 2.24) is 15.2 Å². The number of nitrogens with zero attached hydrogens (tertiary/aromatic N) is 2. The zero-order chi connectivity index (χ0) is 17.3. The third kappa shape index (κ3) is 3.08. The lowest BCUT2D eigenvalue weighted by molar-refractivity contribution is -0.125. The molecule has 2 bridgehead atoms. The standard InChI is InChI=1S/C17H24N4O3/c1-11-3-2-4-13(18)14-7-12(5-6-19-14)17(8-20-15(11)22)9-21(10-17)16(23)24/h5-7,11,13H,2-4,8-10,18H2,1H3,(H,20,22)(H,23,24)/t11-,13+/m1/s1. The molecule has 1 spiro atoms. The Hall–Kier alpha value is -2.15. The van der Waals surface area contributed by atoms with Crippen molar-refractivity contribution in [3.05, 3.63) is 29.6 Å². The summed E-state index contributed by atoms with van der Waals surface area (Å²) < 4.78 is 0. The molecule has 2 atom stereocenters. The zero-order valence-corrected chi connectivity index (χ0v) is 13.9. The van der Waals surface area contributed by atoms with Crippen LogP contribution in [0.25, 0.3) is 0 Å². The van der Waals surface area contributed by atoms with Gasteiger partial charge in [-0.25, -0.2) is 4.79 Å². The number of rotatable bonds is 0. The molecule has 1 aromatic heterocycles. The van der Waals surface area contributed by atoms with Gasteiger partial charge in [-0.15, -0.1) is 0 Å². The average molecular weight is 332 g/mol. The molecule has 0 saturated carbocycles. The molecule has 7 nitrogen and oxygen atoms in total. The van der Waals surface area contributed by atoms with Gasteiger partial charge in [-0.3, -0.25) is 9.78 Å². The number of pyridine rings is 1. The fourth-order valence-corrected chi connectivity index (χ4v) is 3.55. The van der Waals surface area contributed by atoms with Gasteiger partial charge < -0.3 is 21.1 Å². The molecule has 0 unspecified atom stereocenters. The van der Waals surface area contributed by atoms with Gasteiger partial charge in [0, 0.05) is 43.2 Å². The van der Waals surface area contributed by atoms with Gasteiger partial charge in [0.25, 0.3) is 0 Å². The third-order valence-electron chi connectivity index (χ3n) is 5.23. The molecule has 2 aliphatic heterocycles. The second-order valence-electron chi connectivity index (χ2n) is 7.04. The summed E-state index contributed by atoms with van der Waals surface area (Å²) in [6, 6.07) is 3.71. The predicted molar refractivity (Wildman–Crippen MR) is 88.5 cm³/mol. The van der Waals surface area contributed by atoms with Crippen molar-refractivity contribution in [2.24, 2.45) is 11.7 Å². The largest absolute Gasteiger partial charge is 0.465 e. The Morgan fingerprint density at radius 1 is 1.46 bits per heavy atom. The van der Waals surface area contributed by atoms with Gasteiger partial charge in [-0.2, -0.15) is 0 Å². The number of hydrogen-bond donors (Lipinski definition) is 3. The quantitative estimate of drug-likeness (QED) is 0.662. The number of aromatic nitrogens is 1. The molecule has 3 heterocycles. The van der Waals surface area contributed by atoms with Gasteiger partial charge in [-0.1, -0.05) is 13.3 Å². The minimum Gasteiger partial charge on any atom is -0.465 e. The lowest BCUT2D eigenvalue weighted by Gasteiger charge is -2.49. The summed E-state index contributed by atoms with van der Waals surface area (Å²) in [7, 11) is 0. The molecular formula is C17H24N4O3. The topological polar surface area (TPSA) is 109 Å². The van der Waals surface area contributed by atoms with Gasteiger partial charge in [0.2, 0.25) is 5.91 Å². The minimum atomic E-state index is -0.933. The van der Waals surface area contributed by atoms with Crippen LogP contribution in [0, 0.1) is 5.92 Å². The first-order valence-electron chi connectivity index (χ1n) is 8.39. The maximum atomic E-state index is 12.3. The molecule has 0 radical (unpaired) electrons. The van der Waals surface area contributed by atoms with Crippen molar-refractivity contribution in [2.45, 2.75) is 37.6 Å². The van der Waals surface area contributed by atoms with E-state index in [0.29, 0.717) is 19.6 Å². The van der Waals surface area contributed by atoms with E-state index in [9.17, 15) is 14.7 Å². The predicted octanol–water partition coefficient (Wildman–Crippen LogP) is 1.25. The van der Waals surface area contributed by atoms with E-state index in [-0.39, 0.29) is 17.9 Å². The number of nitrogens with two attached hydrogens (primary N) is 1. The van der Waals surface area contributed by atoms with Crippen LogP contribution in [0.15, 0.2) is 18.3 Å². The highest BCUT2D eigenvalue weighted by Crippen LogP contribution is 2.35. The molecule has 2 aliphatic rings. The summed E-state index contributed by atoms with van der Waals surface area (Å²) >= 11 is 0. The Balaban J connectivity index is 1.92. The zero-order valence-electron chi connectivity index (χ0n) is 13.9. The van der Waals surface area contributed by atoms with Crippen molar-refractivity contribution in [3.8, 4) is 0 Å². The van der Waals surface area contributed by atoms with Gasteiger partial charge in [0.05, 0.1) is 5.69 Å². The Morgan fingerprint density at radius 2 is 2.21 bits per heavy atom. The van der Waals surface area contributed by atoms with Crippen molar-refractivity contribution in [2.75, 3.05) is 19.6 Å². The van der Waals surface area contributed by atoms with Crippen molar-refractivity contribution in [3.63, 3.8) is 0 Å². The van der Waals surface area contributed by atoms with E-state index in [1.54, 1.807) is 6.20 Å². The van der Waals surface area contributed by atoms with E-state index in [1.165, 1.54) is 4.90 Å². The second kappa shape index (κ2) is 6.39. The molecule has 4 N–H and O–H groups in total. The molecule has 2 amide bonds. The fourth-order valence-electron chi connectivity index (χ4n) is 3.55. The summed E-state index contributed by atoms with van der Waals surface area (Å²) in [6.07, 6.45) is 3.24. The van der Waals surface area contributed by atoms with Crippen LogP contribution in [-0.2, 0) is 10.2 Å². The first-order valence-corrected chi connectivity index (χ1v) is 8.39. The molecule has 1 saturated heterocycles. The van der Waals surface area contributed by atoms with Gasteiger partial charge >= 0.3 is 6.09 Å². The van der Waals surface area contributed by atoms with Crippen LogP contribution in [0.5, 0.6) is 0 Å². The Labute approximate surface area is 141 Å². The molecule has 0 aromatic carbocycles. The second-order valence-corrected chi connectivity index (χ2v) is 7.04. The maximum absolute atomic E-state index is 12.3. The molecule has 1 aromatic rings. The highest BCUT2D eigenvalue weighted by atomic mass is 16.4. The molecular weight excluding hydrogens is 308 g/mol. The molecule has 7 heteroatoms. The van der Waals surface area contributed by atoms with Crippen molar-refractivity contribution < 1.29 is 14.7 Å². The van der Waals surface area contributed by atoms with Crippen LogP contribution < -0.4 is 11.1 Å². The molecule has 0 aliphatic carbocycles. The molecule has 24 heavy (non-hydrogen) atoms. The first kappa shape index (κ1) is 16.7. The summed E-state index contributed by atoms with van der Waals surface area (Å²) in [6.45, 7) is 3.09. The monoisotopic (exact) mass is 332 g/mol. The minimum absolute atomic E-state index is 0.0200. The Bertz CT molecular complexity index is 642. The van der Waals surface area contributed by atoms with Gasteiger partial charge in [0.1, 0.15) is 0 Å². The first-order chi connectivity index (χ1) is 11.4. The number of fused-ring (bicyclic) bond motifs is 3. The van der Waals surface area contributed by atoms with Crippen LogP contribution in [-0.4, -0.2) is 46.6 Å². The Kier molecular flexibility index (Phi) is 4.45. The fraction of sp³-hybridized carbons (Fsp3) is 0.588. The van der Waals surface area contributed by atoms with E-state index in [2.05, 4.69) is 10.3 Å². The lowest BCUT2D eigenvalue weighted by Crippen LogP contribution is -2.65. The van der Waals surface area contributed by atoms with Crippen LogP contribution in [0.4, 0.5) is 4.79 Å². The van der Waals surface area contributed by atoms with E-state index >= 15 is 0 Å².